The summed E-state index contributed by atoms with van der Waals surface area (Å²) in [6, 6.07) is 35.7. The lowest BCUT2D eigenvalue weighted by Gasteiger charge is -2.45. The van der Waals surface area contributed by atoms with Gasteiger partial charge in [0.05, 0.1) is 32.5 Å². The summed E-state index contributed by atoms with van der Waals surface area (Å²) in [5.41, 5.74) is 2.69. The van der Waals surface area contributed by atoms with E-state index in [1.165, 1.54) is 7.05 Å². The molecule has 4 aromatic carbocycles. The number of esters is 1. The van der Waals surface area contributed by atoms with Crippen molar-refractivity contribution in [1.29, 1.82) is 0 Å². The molecule has 62 heavy (non-hydrogen) atoms. The summed E-state index contributed by atoms with van der Waals surface area (Å²) >= 11 is 0. The van der Waals surface area contributed by atoms with E-state index in [4.69, 9.17) is 33.2 Å². The first-order valence-electron chi connectivity index (χ1n) is 20.8. The number of benzene rings is 4. The van der Waals surface area contributed by atoms with E-state index in [-0.39, 0.29) is 39.3 Å². The molecule has 3 N–H and O–H groups in total. The van der Waals surface area contributed by atoms with Crippen molar-refractivity contribution in [2.75, 3.05) is 13.7 Å². The van der Waals surface area contributed by atoms with Crippen molar-refractivity contribution in [3.63, 3.8) is 0 Å². The van der Waals surface area contributed by atoms with Gasteiger partial charge in [0, 0.05) is 13.5 Å². The Morgan fingerprint density at radius 2 is 1.06 bits per heavy atom. The van der Waals surface area contributed by atoms with Crippen LogP contribution in [0.5, 0.6) is 0 Å². The summed E-state index contributed by atoms with van der Waals surface area (Å²) in [6.45, 7) is 7.22. The van der Waals surface area contributed by atoms with Crippen LogP contribution in [0, 0.1) is 0 Å². The SMILES string of the molecule is CNC(=O)[C@H](CCC(=O)OCc1ccccc1)NC(=O)[C@H](CO[C@@H]1O[C@@H](C)[C@@H](OCc2ccccc2)[C@@H](OCc2ccccc2)[C@@H]1OCc1ccccc1)NC(=O)OC(C)(C)C. The molecular weight excluding hydrogens is 795 g/mol. The first kappa shape index (κ1) is 47.4. The smallest absolute Gasteiger partial charge is 0.408 e. The third-order valence-corrected chi connectivity index (χ3v) is 9.78. The van der Waals surface area contributed by atoms with Crippen molar-refractivity contribution < 1.29 is 52.3 Å². The number of amides is 3. The molecule has 0 bridgehead atoms. The normalized spacial score (nSPS) is 19.7. The average Bonchev–Trinajstić information content (AvgIpc) is 3.27. The Morgan fingerprint density at radius 1 is 0.597 bits per heavy atom. The van der Waals surface area contributed by atoms with E-state index in [2.05, 4.69) is 16.0 Å². The van der Waals surface area contributed by atoms with Crippen LogP contribution >= 0.6 is 0 Å². The lowest BCUT2D eigenvalue weighted by Crippen LogP contribution is -2.61. The van der Waals surface area contributed by atoms with Crippen LogP contribution in [0.25, 0.3) is 0 Å². The van der Waals surface area contributed by atoms with Gasteiger partial charge in [-0.2, -0.15) is 0 Å². The zero-order chi connectivity index (χ0) is 44.3. The summed E-state index contributed by atoms with van der Waals surface area (Å²) in [7, 11) is 1.42. The first-order valence-corrected chi connectivity index (χ1v) is 20.8. The summed E-state index contributed by atoms with van der Waals surface area (Å²) in [6.07, 6.45) is -5.12. The van der Waals surface area contributed by atoms with E-state index in [1.54, 1.807) is 20.8 Å². The standard InChI is InChI=1S/C48H59N3O11/c1-33-41(57-29-35-20-12-7-13-21-35)42(58-30-36-22-14-8-15-23-36)43(59-31-37-24-16-9-17-25-37)46(61-33)60-32-39(51-47(55)62-48(2,3)4)45(54)50-38(44(53)49-5)26-27-40(52)56-28-34-18-10-6-11-19-34/h6-25,33,38-39,41-43,46H,26-32H2,1-5H3,(H,49,53)(H,50,54)(H,51,55)/t33-,38-,39-,41+,42+,43-,46+/m0/s1. The molecular formula is C48H59N3O11. The fourth-order valence-corrected chi connectivity index (χ4v) is 6.61. The molecule has 0 spiro atoms. The van der Waals surface area contributed by atoms with Gasteiger partial charge in [-0.15, -0.1) is 0 Å². The van der Waals surface area contributed by atoms with Gasteiger partial charge in [0.15, 0.2) is 6.29 Å². The quantitative estimate of drug-likeness (QED) is 0.0823. The Kier molecular flexibility index (Phi) is 18.4. The van der Waals surface area contributed by atoms with Crippen molar-refractivity contribution in [3.05, 3.63) is 144 Å². The minimum Gasteiger partial charge on any atom is -0.461 e. The van der Waals surface area contributed by atoms with Gasteiger partial charge in [-0.25, -0.2) is 4.79 Å². The van der Waals surface area contributed by atoms with Crippen LogP contribution < -0.4 is 16.0 Å². The summed E-state index contributed by atoms with van der Waals surface area (Å²) in [5.74, 6) is -1.87. The van der Waals surface area contributed by atoms with Gasteiger partial charge in [0.25, 0.3) is 0 Å². The molecule has 0 aromatic heterocycles. The van der Waals surface area contributed by atoms with E-state index < -0.39 is 78.9 Å². The highest BCUT2D eigenvalue weighted by molar-refractivity contribution is 5.91. The molecule has 1 fully saturated rings. The van der Waals surface area contributed by atoms with Gasteiger partial charge < -0.3 is 49.1 Å². The van der Waals surface area contributed by atoms with Gasteiger partial charge in [0.1, 0.15) is 42.6 Å². The maximum Gasteiger partial charge on any atom is 0.408 e. The predicted octanol–water partition coefficient (Wildman–Crippen LogP) is 6.15. The largest absolute Gasteiger partial charge is 0.461 e. The second-order valence-electron chi connectivity index (χ2n) is 15.9. The van der Waals surface area contributed by atoms with Crippen molar-refractivity contribution in [2.45, 2.75) is 115 Å². The number of rotatable bonds is 21. The molecule has 0 unspecified atom stereocenters. The molecule has 4 aromatic rings. The first-order chi connectivity index (χ1) is 29.9. The van der Waals surface area contributed by atoms with Gasteiger partial charge in [0.2, 0.25) is 11.8 Å². The van der Waals surface area contributed by atoms with Crippen molar-refractivity contribution in [2.24, 2.45) is 0 Å². The zero-order valence-corrected chi connectivity index (χ0v) is 36.0. The molecule has 5 rings (SSSR count). The summed E-state index contributed by atoms with van der Waals surface area (Å²) < 4.78 is 43.6. The van der Waals surface area contributed by atoms with Gasteiger partial charge in [-0.05, 0) is 56.4 Å². The number of ether oxygens (including phenoxy) is 7. The number of alkyl carbamates (subject to hydrolysis) is 1. The van der Waals surface area contributed by atoms with E-state index in [0.717, 1.165) is 22.3 Å². The number of hydrogen-bond acceptors (Lipinski definition) is 11. The van der Waals surface area contributed by atoms with Gasteiger partial charge in [-0.3, -0.25) is 14.4 Å². The van der Waals surface area contributed by atoms with Gasteiger partial charge >= 0.3 is 12.1 Å². The number of hydrogen-bond donors (Lipinski definition) is 3. The van der Waals surface area contributed by atoms with E-state index in [9.17, 15) is 19.2 Å². The minimum atomic E-state index is -1.40. The second kappa shape index (κ2) is 24.1. The highest BCUT2D eigenvalue weighted by atomic mass is 16.7. The Hall–Kier alpha value is -5.64. The maximum absolute atomic E-state index is 14.1. The number of carbonyl (C=O) groups excluding carboxylic acids is 4. The van der Waals surface area contributed by atoms with Crippen LogP contribution in [0.1, 0.15) is 62.8 Å². The third-order valence-electron chi connectivity index (χ3n) is 9.78. The fraction of sp³-hybridized carbons (Fsp3) is 0.417. The molecule has 14 heteroatoms. The number of likely N-dealkylation sites (N-methyl/N-ethyl adjacent to an activating group) is 1. The van der Waals surface area contributed by atoms with E-state index in [1.807, 2.05) is 128 Å². The van der Waals surface area contributed by atoms with Crippen LogP contribution in [0.2, 0.25) is 0 Å². The zero-order valence-electron chi connectivity index (χ0n) is 36.0. The lowest BCUT2D eigenvalue weighted by molar-refractivity contribution is -0.320. The van der Waals surface area contributed by atoms with Gasteiger partial charge in [-0.1, -0.05) is 121 Å². The monoisotopic (exact) mass is 853 g/mol. The maximum atomic E-state index is 14.1. The molecule has 7 atom stereocenters. The molecule has 1 heterocycles. The molecule has 1 saturated heterocycles. The molecule has 0 saturated carbocycles. The average molecular weight is 854 g/mol. The topological polar surface area (TPSA) is 169 Å². The predicted molar refractivity (Wildman–Crippen MR) is 230 cm³/mol. The molecule has 3 amide bonds. The Bertz CT molecular complexity index is 1970. The molecule has 14 nitrogen and oxygen atoms in total. The second-order valence-corrected chi connectivity index (χ2v) is 15.9. The molecule has 1 aliphatic rings. The van der Waals surface area contributed by atoms with Crippen molar-refractivity contribution in [1.82, 2.24) is 16.0 Å². The molecule has 0 aliphatic carbocycles. The Morgan fingerprint density at radius 3 is 1.55 bits per heavy atom. The highest BCUT2D eigenvalue weighted by Crippen LogP contribution is 2.31. The van der Waals surface area contributed by atoms with Crippen LogP contribution in [-0.2, 0) is 74.0 Å². The number of nitrogens with one attached hydrogen (secondary N) is 3. The van der Waals surface area contributed by atoms with Crippen LogP contribution in [0.15, 0.2) is 121 Å². The fourth-order valence-electron chi connectivity index (χ4n) is 6.61. The summed E-state index contributed by atoms with van der Waals surface area (Å²) in [5, 5.41) is 7.80. The lowest BCUT2D eigenvalue weighted by atomic mass is 9.98. The van der Waals surface area contributed by atoms with Crippen molar-refractivity contribution >= 4 is 23.9 Å². The minimum absolute atomic E-state index is 0.0614. The van der Waals surface area contributed by atoms with Crippen molar-refractivity contribution in [3.8, 4) is 0 Å². The van der Waals surface area contributed by atoms with E-state index in [0.29, 0.717) is 0 Å². The third kappa shape index (κ3) is 15.7. The van der Waals surface area contributed by atoms with Crippen LogP contribution in [0.3, 0.4) is 0 Å². The summed E-state index contributed by atoms with van der Waals surface area (Å²) in [4.78, 5) is 53.0. The molecule has 332 valence electrons. The Balaban J connectivity index is 1.37. The number of carbonyl (C=O) groups is 4. The molecule has 0 radical (unpaired) electrons. The highest BCUT2D eigenvalue weighted by Gasteiger charge is 2.48. The van der Waals surface area contributed by atoms with Crippen LogP contribution in [-0.4, -0.2) is 85.9 Å². The van der Waals surface area contributed by atoms with Crippen LogP contribution in [0.4, 0.5) is 4.79 Å². The molecule has 1 aliphatic heterocycles. The Labute approximate surface area is 363 Å². The van der Waals surface area contributed by atoms with E-state index >= 15 is 0 Å².